The normalized spacial score (nSPS) is 29.3. The van der Waals surface area contributed by atoms with Crippen LogP contribution in [0.25, 0.3) is 0 Å². The molecule has 0 aromatic carbocycles. The van der Waals surface area contributed by atoms with E-state index in [9.17, 15) is 14.4 Å². The van der Waals surface area contributed by atoms with Crippen molar-refractivity contribution in [3.8, 4) is 0 Å². The van der Waals surface area contributed by atoms with Crippen molar-refractivity contribution in [2.75, 3.05) is 26.3 Å². The third kappa shape index (κ3) is 6.74. The largest absolute Gasteiger partial charge is 0.444 e. The lowest BCUT2D eigenvalue weighted by Crippen LogP contribution is -2.59. The van der Waals surface area contributed by atoms with Gasteiger partial charge in [-0.05, 0) is 52.9 Å². The summed E-state index contributed by atoms with van der Waals surface area (Å²) in [6.45, 7) is 11.0. The van der Waals surface area contributed by atoms with Crippen LogP contribution in [0.5, 0.6) is 0 Å². The summed E-state index contributed by atoms with van der Waals surface area (Å²) < 4.78 is 11.5. The number of fused-ring (bicyclic) bond motifs is 1. The average Bonchev–Trinajstić information content (AvgIpc) is 2.76. The third-order valence-corrected chi connectivity index (χ3v) is 7.25. The number of nitrogens with one attached hydrogen (secondary N) is 2. The lowest BCUT2D eigenvalue weighted by atomic mass is 9.77. The van der Waals surface area contributed by atoms with E-state index < -0.39 is 16.4 Å². The molecule has 1 saturated carbocycles. The lowest BCUT2D eigenvalue weighted by Gasteiger charge is -2.42. The van der Waals surface area contributed by atoms with E-state index in [0.717, 1.165) is 25.7 Å². The van der Waals surface area contributed by atoms with Crippen LogP contribution in [0.15, 0.2) is 12.2 Å². The molecule has 192 valence electrons. The Balaban J connectivity index is 1.76. The number of hydrogen-bond donors (Lipinski definition) is 2. The van der Waals surface area contributed by atoms with E-state index in [-0.39, 0.29) is 30.0 Å². The fraction of sp³-hybridized carbons (Fsp3) is 0.808. The predicted molar refractivity (Wildman–Crippen MR) is 130 cm³/mol. The highest BCUT2D eigenvalue weighted by Gasteiger charge is 2.45. The minimum absolute atomic E-state index is 0.0154. The van der Waals surface area contributed by atoms with Crippen LogP contribution in [-0.2, 0) is 19.1 Å². The Morgan fingerprint density at radius 1 is 1.03 bits per heavy atom. The summed E-state index contributed by atoms with van der Waals surface area (Å²) >= 11 is 0. The number of likely N-dealkylation sites (tertiary alicyclic amines) is 1. The molecule has 34 heavy (non-hydrogen) atoms. The molecule has 2 fully saturated rings. The van der Waals surface area contributed by atoms with Crippen LogP contribution in [-0.4, -0.2) is 66.8 Å². The van der Waals surface area contributed by atoms with Gasteiger partial charge in [-0.3, -0.25) is 9.59 Å². The van der Waals surface area contributed by atoms with Crippen LogP contribution in [0.4, 0.5) is 4.79 Å². The molecule has 8 nitrogen and oxygen atoms in total. The summed E-state index contributed by atoms with van der Waals surface area (Å²) in [4.78, 5) is 40.9. The van der Waals surface area contributed by atoms with Crippen molar-refractivity contribution in [1.82, 2.24) is 15.5 Å². The number of allylic oxidation sites excluding steroid dienone is 1. The number of nitrogens with zero attached hydrogens (tertiary/aromatic N) is 1. The first-order valence-electron chi connectivity index (χ1n) is 12.7. The average molecular weight is 478 g/mol. The van der Waals surface area contributed by atoms with Gasteiger partial charge in [-0.1, -0.05) is 38.8 Å². The molecule has 3 rings (SSSR count). The van der Waals surface area contributed by atoms with E-state index in [4.69, 9.17) is 9.47 Å². The molecule has 1 saturated heterocycles. The first-order valence-corrected chi connectivity index (χ1v) is 12.7. The standard InChI is InChI=1S/C26H43N3O5/c1-24(2,3)34-23(32)29-15-13-26(14-16-29)18-33-17-9-8-12-25(4,5)21(30)27-19-10-6-7-11-20(19)28-22(26)31/h8-9,19-20H,6-7,10-18H2,1-5H3,(H,27,30)(H,28,31)/b9-8+/t19-,20+/m1/s1. The van der Waals surface area contributed by atoms with E-state index in [2.05, 4.69) is 10.6 Å². The second-order valence-electron chi connectivity index (χ2n) is 11.8. The summed E-state index contributed by atoms with van der Waals surface area (Å²) in [6.07, 6.45) is 8.99. The minimum Gasteiger partial charge on any atom is -0.444 e. The van der Waals surface area contributed by atoms with E-state index in [1.165, 1.54) is 0 Å². The Hall–Kier alpha value is -2.09. The van der Waals surface area contributed by atoms with Crippen LogP contribution < -0.4 is 10.6 Å². The van der Waals surface area contributed by atoms with Crippen molar-refractivity contribution in [2.24, 2.45) is 10.8 Å². The molecule has 0 unspecified atom stereocenters. The molecule has 3 aliphatic rings. The molecule has 2 N–H and O–H groups in total. The van der Waals surface area contributed by atoms with Crippen molar-refractivity contribution in [3.05, 3.63) is 12.2 Å². The quantitative estimate of drug-likeness (QED) is 0.520. The predicted octanol–water partition coefficient (Wildman–Crippen LogP) is 3.55. The molecule has 0 aromatic rings. The van der Waals surface area contributed by atoms with Crippen molar-refractivity contribution in [2.45, 2.75) is 97.2 Å². The second kappa shape index (κ2) is 10.7. The van der Waals surface area contributed by atoms with Crippen LogP contribution in [0.2, 0.25) is 0 Å². The summed E-state index contributed by atoms with van der Waals surface area (Å²) in [5.41, 5.74) is -1.79. The zero-order valence-electron chi connectivity index (χ0n) is 21.6. The van der Waals surface area contributed by atoms with Gasteiger partial charge in [-0.2, -0.15) is 0 Å². The summed E-state index contributed by atoms with van der Waals surface area (Å²) in [6, 6.07) is -0.170. The van der Waals surface area contributed by atoms with Crippen LogP contribution in [0.3, 0.4) is 0 Å². The van der Waals surface area contributed by atoms with Gasteiger partial charge in [0, 0.05) is 30.6 Å². The highest BCUT2D eigenvalue weighted by atomic mass is 16.6. The van der Waals surface area contributed by atoms with Crippen LogP contribution in [0, 0.1) is 10.8 Å². The molecule has 2 aliphatic heterocycles. The zero-order chi connectivity index (χ0) is 25.0. The highest BCUT2D eigenvalue weighted by molar-refractivity contribution is 5.84. The Labute approximate surface area is 204 Å². The smallest absolute Gasteiger partial charge is 0.410 e. The molecule has 8 heteroatoms. The molecule has 0 bridgehead atoms. The SMILES string of the molecule is CC(C)(C)OC(=O)N1CCC2(CC1)COC/C=C/CC(C)(C)C(=O)N[C@@H]1CCCC[C@@H]1NC2=O. The van der Waals surface area contributed by atoms with Gasteiger partial charge in [-0.25, -0.2) is 4.79 Å². The molecule has 2 heterocycles. The fourth-order valence-corrected chi connectivity index (χ4v) is 4.90. The molecular formula is C26H43N3O5. The molecular weight excluding hydrogens is 434 g/mol. The van der Waals surface area contributed by atoms with Gasteiger partial charge >= 0.3 is 6.09 Å². The fourth-order valence-electron chi connectivity index (χ4n) is 4.90. The number of amides is 3. The lowest BCUT2D eigenvalue weighted by molar-refractivity contribution is -0.140. The van der Waals surface area contributed by atoms with Crippen molar-refractivity contribution < 1.29 is 23.9 Å². The molecule has 2 atom stereocenters. The maximum Gasteiger partial charge on any atom is 0.410 e. The maximum absolute atomic E-state index is 13.7. The molecule has 0 aromatic heterocycles. The van der Waals surface area contributed by atoms with Crippen molar-refractivity contribution in [1.29, 1.82) is 0 Å². The summed E-state index contributed by atoms with van der Waals surface area (Å²) in [7, 11) is 0. The zero-order valence-corrected chi connectivity index (χ0v) is 21.6. The van der Waals surface area contributed by atoms with Crippen LogP contribution >= 0.6 is 0 Å². The minimum atomic E-state index is -0.707. The number of piperidine rings is 1. The molecule has 1 aliphatic carbocycles. The topological polar surface area (TPSA) is 97.0 Å². The second-order valence-corrected chi connectivity index (χ2v) is 11.8. The van der Waals surface area contributed by atoms with Crippen molar-refractivity contribution in [3.63, 3.8) is 0 Å². The van der Waals surface area contributed by atoms with E-state index in [1.807, 2.05) is 46.8 Å². The first-order chi connectivity index (χ1) is 15.9. The number of ether oxygens (including phenoxy) is 2. The monoisotopic (exact) mass is 477 g/mol. The van der Waals surface area contributed by atoms with E-state index in [0.29, 0.717) is 45.6 Å². The Morgan fingerprint density at radius 2 is 1.62 bits per heavy atom. The van der Waals surface area contributed by atoms with Gasteiger partial charge in [0.2, 0.25) is 11.8 Å². The maximum atomic E-state index is 13.7. The van der Waals surface area contributed by atoms with Gasteiger partial charge < -0.3 is 25.0 Å². The van der Waals surface area contributed by atoms with Gasteiger partial charge in [0.05, 0.1) is 18.6 Å². The highest BCUT2D eigenvalue weighted by Crippen LogP contribution is 2.34. The van der Waals surface area contributed by atoms with E-state index >= 15 is 0 Å². The number of hydrogen-bond acceptors (Lipinski definition) is 5. The Kier molecular flexibility index (Phi) is 8.32. The summed E-state index contributed by atoms with van der Waals surface area (Å²) in [5, 5.41) is 6.51. The molecule has 0 radical (unpaired) electrons. The van der Waals surface area contributed by atoms with Gasteiger partial charge in [-0.15, -0.1) is 0 Å². The Bertz CT molecular complexity index is 778. The van der Waals surface area contributed by atoms with Gasteiger partial charge in [0.25, 0.3) is 0 Å². The first kappa shape index (κ1) is 26.5. The van der Waals surface area contributed by atoms with Gasteiger partial charge in [0.15, 0.2) is 0 Å². The van der Waals surface area contributed by atoms with E-state index in [1.54, 1.807) is 4.90 Å². The third-order valence-electron chi connectivity index (χ3n) is 7.25. The van der Waals surface area contributed by atoms with Crippen molar-refractivity contribution >= 4 is 17.9 Å². The summed E-state index contributed by atoms with van der Waals surface area (Å²) in [5.74, 6) is -0.0237. The number of carbonyl (C=O) groups excluding carboxylic acids is 3. The Morgan fingerprint density at radius 3 is 2.21 bits per heavy atom. The van der Waals surface area contributed by atoms with Crippen LogP contribution in [0.1, 0.15) is 79.6 Å². The number of carbonyl (C=O) groups is 3. The molecule has 1 spiro atoms. The number of rotatable bonds is 0. The molecule has 3 amide bonds. The van der Waals surface area contributed by atoms with Gasteiger partial charge in [0.1, 0.15) is 5.60 Å².